The van der Waals surface area contributed by atoms with Crippen molar-refractivity contribution in [2.45, 2.75) is 333 Å². The molecule has 0 amide bonds. The van der Waals surface area contributed by atoms with E-state index in [-0.39, 0.29) is 19.2 Å². The second-order valence-corrected chi connectivity index (χ2v) is 21.2. The Kier molecular flexibility index (Phi) is 50.0. The number of esters is 1. The molecule has 0 aliphatic carbocycles. The van der Waals surface area contributed by atoms with Crippen molar-refractivity contribution in [2.75, 3.05) is 26.4 Å². The van der Waals surface area contributed by atoms with Crippen molar-refractivity contribution in [2.24, 2.45) is 0 Å². The Morgan fingerprint density at radius 2 is 0.829 bits per heavy atom. The van der Waals surface area contributed by atoms with Gasteiger partial charge in [0, 0.05) is 13.0 Å². The number of rotatable bonds is 54. The summed E-state index contributed by atoms with van der Waals surface area (Å²) in [5, 5.41) is 40.4. The largest absolute Gasteiger partial charge is 0.457 e. The maximum atomic E-state index is 12.9. The normalized spacial score (nSPS) is 19.0. The highest BCUT2D eigenvalue weighted by molar-refractivity contribution is 5.69. The number of unbranched alkanes of at least 4 members (excludes halogenated alkanes) is 39. The minimum Gasteiger partial charge on any atom is -0.457 e. The Morgan fingerprint density at radius 1 is 0.457 bits per heavy atom. The van der Waals surface area contributed by atoms with Crippen LogP contribution in [0.4, 0.5) is 0 Å². The summed E-state index contributed by atoms with van der Waals surface area (Å²) < 4.78 is 23.0. The van der Waals surface area contributed by atoms with Gasteiger partial charge in [0.25, 0.3) is 0 Å². The lowest BCUT2D eigenvalue weighted by Gasteiger charge is -2.39. The molecular weight excluding hydrogens is 877 g/mol. The third kappa shape index (κ3) is 42.1. The van der Waals surface area contributed by atoms with E-state index in [1.807, 2.05) is 0 Å². The molecule has 6 unspecified atom stereocenters. The predicted molar refractivity (Wildman–Crippen MR) is 293 cm³/mol. The number of allylic oxidation sites excluding steroid dienone is 4. The molecule has 0 aromatic carbocycles. The standard InChI is InChI=1S/C61H116O9/c1-3-5-7-9-11-13-15-17-19-21-23-25-26-27-28-29-31-33-35-37-39-41-43-45-47-49-51-67-53-55(54-68-61-60(66)59(65)58(64)56(52-62)70-61)69-57(63)50-48-46-44-42-40-38-36-34-32-30-24-22-20-18-16-14-12-10-8-6-4-2/h16,18,22,24,55-56,58-62,64-66H,3-15,17,19-21,23,25-54H2,1-2H3/b18-16-,24-22-. The molecule has 1 saturated heterocycles. The SMILES string of the molecule is CCCCCCC/C=C\C/C=C\CCCCCCCCCCCC(=O)OC(COCCCCCCCCCCCCCCCCCCCCCCCCCCCC)COC1OC(CO)C(O)C(O)C1O. The van der Waals surface area contributed by atoms with Crippen LogP contribution in [0.3, 0.4) is 0 Å². The first-order chi connectivity index (χ1) is 34.4. The van der Waals surface area contributed by atoms with Gasteiger partial charge in [-0.05, 0) is 44.9 Å². The summed E-state index contributed by atoms with van der Waals surface area (Å²) in [4.78, 5) is 12.9. The lowest BCUT2D eigenvalue weighted by Crippen LogP contribution is -2.59. The maximum absolute atomic E-state index is 12.9. The maximum Gasteiger partial charge on any atom is 0.306 e. The molecule has 0 aromatic rings. The lowest BCUT2D eigenvalue weighted by molar-refractivity contribution is -0.305. The van der Waals surface area contributed by atoms with E-state index < -0.39 is 43.4 Å². The van der Waals surface area contributed by atoms with E-state index in [0.717, 1.165) is 38.5 Å². The number of hydrogen-bond donors (Lipinski definition) is 4. The molecule has 1 heterocycles. The molecule has 0 aromatic heterocycles. The van der Waals surface area contributed by atoms with E-state index in [1.165, 1.54) is 238 Å². The molecule has 0 saturated carbocycles. The molecule has 0 radical (unpaired) electrons. The van der Waals surface area contributed by atoms with Gasteiger partial charge in [-0.25, -0.2) is 0 Å². The smallest absolute Gasteiger partial charge is 0.306 e. The highest BCUT2D eigenvalue weighted by Gasteiger charge is 2.44. The summed E-state index contributed by atoms with van der Waals surface area (Å²) in [6.45, 7) is 4.61. The van der Waals surface area contributed by atoms with E-state index in [1.54, 1.807) is 0 Å². The third-order valence-corrected chi connectivity index (χ3v) is 14.4. The van der Waals surface area contributed by atoms with Crippen molar-refractivity contribution in [3.63, 3.8) is 0 Å². The molecule has 414 valence electrons. The zero-order valence-corrected chi connectivity index (χ0v) is 46.0. The quantitative estimate of drug-likeness (QED) is 0.0267. The second kappa shape index (κ2) is 52.5. The molecule has 6 atom stereocenters. The van der Waals surface area contributed by atoms with Crippen molar-refractivity contribution in [1.82, 2.24) is 0 Å². The van der Waals surface area contributed by atoms with Gasteiger partial charge in [0.05, 0.1) is 19.8 Å². The molecule has 0 spiro atoms. The summed E-state index contributed by atoms with van der Waals surface area (Å²) in [6, 6.07) is 0. The molecule has 1 aliphatic rings. The number of aliphatic hydroxyl groups excluding tert-OH is 4. The van der Waals surface area contributed by atoms with Crippen LogP contribution in [0.2, 0.25) is 0 Å². The molecule has 1 rings (SSSR count). The highest BCUT2D eigenvalue weighted by atomic mass is 16.7. The van der Waals surface area contributed by atoms with Crippen molar-refractivity contribution in [1.29, 1.82) is 0 Å². The summed E-state index contributed by atoms with van der Waals surface area (Å²) in [5.74, 6) is -0.311. The van der Waals surface area contributed by atoms with Crippen LogP contribution < -0.4 is 0 Å². The summed E-state index contributed by atoms with van der Waals surface area (Å²) >= 11 is 0. The van der Waals surface area contributed by atoms with Crippen molar-refractivity contribution >= 4 is 5.97 Å². The molecular formula is C61H116O9. The minimum atomic E-state index is -1.54. The minimum absolute atomic E-state index is 0.110. The summed E-state index contributed by atoms with van der Waals surface area (Å²) in [7, 11) is 0. The predicted octanol–water partition coefficient (Wildman–Crippen LogP) is 16.0. The fourth-order valence-corrected chi connectivity index (χ4v) is 9.64. The number of hydrogen-bond acceptors (Lipinski definition) is 9. The Hall–Kier alpha value is -1.33. The number of ether oxygens (including phenoxy) is 4. The lowest BCUT2D eigenvalue weighted by atomic mass is 9.99. The first-order valence-electron chi connectivity index (χ1n) is 30.4. The van der Waals surface area contributed by atoms with Crippen LogP contribution in [0, 0.1) is 0 Å². The van der Waals surface area contributed by atoms with Gasteiger partial charge in [0.15, 0.2) is 6.29 Å². The zero-order valence-electron chi connectivity index (χ0n) is 46.0. The fraction of sp³-hybridized carbons (Fsp3) is 0.918. The van der Waals surface area contributed by atoms with Gasteiger partial charge in [-0.2, -0.15) is 0 Å². The summed E-state index contributed by atoms with van der Waals surface area (Å²) in [6.07, 6.45) is 58.1. The number of aliphatic hydroxyl groups is 4. The Bertz CT molecular complexity index is 1130. The van der Waals surface area contributed by atoms with Crippen LogP contribution in [0.1, 0.15) is 296 Å². The Labute approximate surface area is 432 Å². The molecule has 9 heteroatoms. The van der Waals surface area contributed by atoms with Crippen molar-refractivity contribution in [3.05, 3.63) is 24.3 Å². The van der Waals surface area contributed by atoms with Gasteiger partial charge in [-0.3, -0.25) is 4.79 Å². The van der Waals surface area contributed by atoms with Crippen LogP contribution in [0.15, 0.2) is 24.3 Å². The van der Waals surface area contributed by atoms with E-state index in [9.17, 15) is 25.2 Å². The Morgan fingerprint density at radius 3 is 1.23 bits per heavy atom. The number of carbonyl (C=O) groups is 1. The molecule has 0 bridgehead atoms. The molecule has 9 nitrogen and oxygen atoms in total. The second-order valence-electron chi connectivity index (χ2n) is 21.2. The van der Waals surface area contributed by atoms with Crippen molar-refractivity contribution in [3.8, 4) is 0 Å². The van der Waals surface area contributed by atoms with Gasteiger partial charge >= 0.3 is 5.97 Å². The van der Waals surface area contributed by atoms with E-state index in [4.69, 9.17) is 18.9 Å². The Balaban J connectivity index is 2.11. The van der Waals surface area contributed by atoms with Crippen LogP contribution >= 0.6 is 0 Å². The summed E-state index contributed by atoms with van der Waals surface area (Å²) in [5.41, 5.74) is 0. The van der Waals surface area contributed by atoms with E-state index >= 15 is 0 Å². The first-order valence-corrected chi connectivity index (χ1v) is 30.4. The first kappa shape index (κ1) is 66.7. The average molecular weight is 994 g/mol. The third-order valence-electron chi connectivity index (χ3n) is 14.4. The molecule has 1 aliphatic heterocycles. The molecule has 4 N–H and O–H groups in total. The van der Waals surface area contributed by atoms with Crippen LogP contribution in [-0.2, 0) is 23.7 Å². The monoisotopic (exact) mass is 993 g/mol. The van der Waals surface area contributed by atoms with Crippen LogP contribution in [0.25, 0.3) is 0 Å². The van der Waals surface area contributed by atoms with Crippen LogP contribution in [-0.4, -0.2) is 89.6 Å². The van der Waals surface area contributed by atoms with E-state index in [2.05, 4.69) is 38.2 Å². The molecule has 1 fully saturated rings. The van der Waals surface area contributed by atoms with Gasteiger partial charge in [0.2, 0.25) is 0 Å². The van der Waals surface area contributed by atoms with Gasteiger partial charge < -0.3 is 39.4 Å². The van der Waals surface area contributed by atoms with E-state index in [0.29, 0.717) is 13.0 Å². The average Bonchev–Trinajstić information content (AvgIpc) is 3.36. The zero-order chi connectivity index (χ0) is 50.6. The van der Waals surface area contributed by atoms with Gasteiger partial charge in [0.1, 0.15) is 30.5 Å². The topological polar surface area (TPSA) is 135 Å². The van der Waals surface area contributed by atoms with Gasteiger partial charge in [-0.1, -0.05) is 269 Å². The highest BCUT2D eigenvalue weighted by Crippen LogP contribution is 2.23. The van der Waals surface area contributed by atoms with Crippen molar-refractivity contribution < 1.29 is 44.2 Å². The van der Waals surface area contributed by atoms with Gasteiger partial charge in [-0.15, -0.1) is 0 Å². The molecule has 70 heavy (non-hydrogen) atoms. The fourth-order valence-electron chi connectivity index (χ4n) is 9.64. The number of carbonyl (C=O) groups excluding carboxylic acids is 1. The van der Waals surface area contributed by atoms with Crippen LogP contribution in [0.5, 0.6) is 0 Å².